The fraction of sp³-hybridized carbons (Fsp3) is 0.263. The molecular weight excluding hydrogens is 437 g/mol. The van der Waals surface area contributed by atoms with Crippen molar-refractivity contribution in [1.82, 2.24) is 10.1 Å². The number of nitrogens with zero attached hydrogens (tertiary/aromatic N) is 2. The first-order valence-electron chi connectivity index (χ1n) is 8.86. The maximum Gasteiger partial charge on any atom is 0.394 e. The van der Waals surface area contributed by atoms with Gasteiger partial charge in [0.15, 0.2) is 5.13 Å². The molecule has 30 heavy (non-hydrogen) atoms. The maximum atomic E-state index is 14.5. The minimum Gasteiger partial charge on any atom is -0.474 e. The van der Waals surface area contributed by atoms with Gasteiger partial charge in [-0.1, -0.05) is 22.8 Å². The average Bonchev–Trinajstić information content (AvgIpc) is 3.25. The summed E-state index contributed by atoms with van der Waals surface area (Å²) < 4.78 is 25.2. The van der Waals surface area contributed by atoms with Gasteiger partial charge in [0.05, 0.1) is 28.5 Å². The minimum atomic E-state index is -1.64. The number of nitrogens with one attached hydrogen (secondary N) is 1. The van der Waals surface area contributed by atoms with Crippen LogP contribution in [0.5, 0.6) is 0 Å². The average molecular weight is 454 g/mol. The van der Waals surface area contributed by atoms with Crippen LogP contribution in [-0.2, 0) is 20.7 Å². The van der Waals surface area contributed by atoms with Crippen LogP contribution >= 0.6 is 22.9 Å². The molecule has 158 valence electrons. The number of hydrogen-bond donors (Lipinski definition) is 2. The van der Waals surface area contributed by atoms with Crippen molar-refractivity contribution in [3.05, 3.63) is 39.7 Å². The van der Waals surface area contributed by atoms with Crippen LogP contribution in [0.4, 0.5) is 9.52 Å². The van der Waals surface area contributed by atoms with E-state index in [1.165, 1.54) is 18.2 Å². The number of ether oxygens (including phenoxy) is 1. The number of rotatable bonds is 7. The molecule has 2 heterocycles. The van der Waals surface area contributed by atoms with Crippen molar-refractivity contribution in [2.75, 3.05) is 18.5 Å². The van der Waals surface area contributed by atoms with Gasteiger partial charge in [-0.25, -0.2) is 14.2 Å². The lowest BCUT2D eigenvalue weighted by Gasteiger charge is -2.06. The van der Waals surface area contributed by atoms with Crippen molar-refractivity contribution < 1.29 is 28.3 Å². The molecule has 0 aliphatic rings. The van der Waals surface area contributed by atoms with E-state index >= 15 is 0 Å². The molecule has 0 unspecified atom stereocenters. The molecule has 0 saturated heterocycles. The lowest BCUT2D eigenvalue weighted by atomic mass is 10.0. The van der Waals surface area contributed by atoms with Gasteiger partial charge in [0, 0.05) is 17.9 Å². The van der Waals surface area contributed by atoms with Gasteiger partial charge in [-0.15, -0.1) is 11.3 Å². The highest BCUT2D eigenvalue weighted by Crippen LogP contribution is 2.42. The normalized spacial score (nSPS) is 10.9. The van der Waals surface area contributed by atoms with Crippen molar-refractivity contribution in [1.29, 1.82) is 0 Å². The van der Waals surface area contributed by atoms with Gasteiger partial charge in [0.25, 0.3) is 0 Å². The molecule has 0 atom stereocenters. The third-order valence-corrected chi connectivity index (χ3v) is 5.43. The fourth-order valence-electron chi connectivity index (χ4n) is 2.78. The number of carbonyl (C=O) groups is 2. The number of halogens is 2. The molecule has 0 fully saturated rings. The number of thiazole rings is 1. The predicted molar refractivity (Wildman–Crippen MR) is 109 cm³/mol. The standard InChI is InChI=1S/C19H17ClFN3O5S/c1-3-28-8-7-12-15(22-19(30-12)23-17(25)18(26)27)13-9(2)29-24-16(13)14-10(20)5-4-6-11(14)21/h4-6H,3,7-8H2,1-2H3,(H,26,27)(H,22,23,25). The first-order valence-corrected chi connectivity index (χ1v) is 10.1. The molecule has 0 radical (unpaired) electrons. The Morgan fingerprint density at radius 3 is 2.77 bits per heavy atom. The minimum absolute atomic E-state index is 0.0610. The second kappa shape index (κ2) is 9.33. The van der Waals surface area contributed by atoms with Gasteiger partial charge in [-0.2, -0.15) is 0 Å². The molecule has 8 nitrogen and oxygen atoms in total. The zero-order valence-corrected chi connectivity index (χ0v) is 17.6. The third-order valence-electron chi connectivity index (χ3n) is 4.09. The first kappa shape index (κ1) is 21.9. The maximum absolute atomic E-state index is 14.5. The Kier molecular flexibility index (Phi) is 6.80. The summed E-state index contributed by atoms with van der Waals surface area (Å²) in [5, 5.41) is 15.3. The molecule has 0 aliphatic carbocycles. The van der Waals surface area contributed by atoms with E-state index in [-0.39, 0.29) is 21.4 Å². The van der Waals surface area contributed by atoms with E-state index < -0.39 is 17.7 Å². The number of carboxylic acids is 1. The summed E-state index contributed by atoms with van der Waals surface area (Å²) in [7, 11) is 0. The Bertz CT molecular complexity index is 1080. The van der Waals surface area contributed by atoms with E-state index in [9.17, 15) is 14.0 Å². The number of benzene rings is 1. The van der Waals surface area contributed by atoms with E-state index in [0.717, 1.165) is 11.3 Å². The Hall–Kier alpha value is -2.82. The highest BCUT2D eigenvalue weighted by molar-refractivity contribution is 7.16. The van der Waals surface area contributed by atoms with Gasteiger partial charge in [0.1, 0.15) is 17.3 Å². The Balaban J connectivity index is 2.12. The monoisotopic (exact) mass is 453 g/mol. The number of aromatic nitrogens is 2. The van der Waals surface area contributed by atoms with Crippen LogP contribution in [0.3, 0.4) is 0 Å². The van der Waals surface area contributed by atoms with E-state index in [1.54, 1.807) is 6.92 Å². The summed E-state index contributed by atoms with van der Waals surface area (Å²) in [4.78, 5) is 27.5. The number of aryl methyl sites for hydroxylation is 1. The van der Waals surface area contributed by atoms with Crippen molar-refractivity contribution in [3.63, 3.8) is 0 Å². The number of hydrogen-bond acceptors (Lipinski definition) is 7. The second-order valence-corrected chi connectivity index (χ2v) is 7.55. The molecule has 1 amide bonds. The Morgan fingerprint density at radius 1 is 1.33 bits per heavy atom. The van der Waals surface area contributed by atoms with E-state index in [4.69, 9.17) is 26.0 Å². The summed E-state index contributed by atoms with van der Waals surface area (Å²) in [5.74, 6) is -3.07. The van der Waals surface area contributed by atoms with E-state index in [1.807, 2.05) is 6.92 Å². The van der Waals surface area contributed by atoms with Crippen molar-refractivity contribution >= 4 is 39.9 Å². The first-order chi connectivity index (χ1) is 14.3. The topological polar surface area (TPSA) is 115 Å². The largest absolute Gasteiger partial charge is 0.474 e. The molecule has 0 bridgehead atoms. The molecule has 2 aromatic heterocycles. The van der Waals surface area contributed by atoms with Crippen molar-refractivity contribution in [3.8, 4) is 22.5 Å². The Labute approximate surface area is 179 Å². The molecule has 2 N–H and O–H groups in total. The van der Waals surface area contributed by atoms with Crippen molar-refractivity contribution in [2.24, 2.45) is 0 Å². The highest BCUT2D eigenvalue weighted by Gasteiger charge is 2.27. The molecule has 0 aliphatic heterocycles. The summed E-state index contributed by atoms with van der Waals surface area (Å²) in [6, 6.07) is 4.26. The number of anilines is 1. The molecule has 11 heteroatoms. The number of carbonyl (C=O) groups excluding carboxylic acids is 1. The SMILES string of the molecule is CCOCCc1sc(NC(=O)C(=O)O)nc1-c1c(-c2c(F)cccc2Cl)noc1C. The van der Waals surface area contributed by atoms with Crippen LogP contribution in [0.15, 0.2) is 22.7 Å². The Morgan fingerprint density at radius 2 is 2.10 bits per heavy atom. The predicted octanol–water partition coefficient (Wildman–Crippen LogP) is 4.17. The fourth-order valence-corrected chi connectivity index (χ4v) is 3.97. The molecule has 0 saturated carbocycles. The van der Waals surface area contributed by atoms with Gasteiger partial charge < -0.3 is 14.4 Å². The second-order valence-electron chi connectivity index (χ2n) is 6.06. The molecular formula is C19H17ClFN3O5S. The summed E-state index contributed by atoms with van der Waals surface area (Å²) in [5.41, 5.74) is 1.01. The van der Waals surface area contributed by atoms with Crippen LogP contribution in [-0.4, -0.2) is 40.3 Å². The lowest BCUT2D eigenvalue weighted by Crippen LogP contribution is -2.21. The quantitative estimate of drug-likeness (QED) is 0.407. The molecule has 0 spiro atoms. The zero-order chi connectivity index (χ0) is 21.8. The van der Waals surface area contributed by atoms with Crippen LogP contribution in [0, 0.1) is 12.7 Å². The number of aliphatic carboxylic acids is 1. The zero-order valence-electron chi connectivity index (χ0n) is 16.0. The van der Waals surface area contributed by atoms with Gasteiger partial charge in [0.2, 0.25) is 0 Å². The third kappa shape index (κ3) is 4.50. The molecule has 3 rings (SSSR count). The van der Waals surface area contributed by atoms with Crippen LogP contribution in [0.2, 0.25) is 5.02 Å². The molecule has 3 aromatic rings. The van der Waals surface area contributed by atoms with Gasteiger partial charge in [-0.3, -0.25) is 10.1 Å². The smallest absolute Gasteiger partial charge is 0.394 e. The van der Waals surface area contributed by atoms with E-state index in [0.29, 0.717) is 41.5 Å². The van der Waals surface area contributed by atoms with Crippen LogP contribution in [0.25, 0.3) is 22.5 Å². The van der Waals surface area contributed by atoms with Crippen LogP contribution < -0.4 is 5.32 Å². The van der Waals surface area contributed by atoms with Crippen LogP contribution in [0.1, 0.15) is 17.6 Å². The molecule has 1 aromatic carbocycles. The summed E-state index contributed by atoms with van der Waals surface area (Å²) in [6.45, 7) is 4.38. The van der Waals surface area contributed by atoms with Crippen molar-refractivity contribution in [2.45, 2.75) is 20.3 Å². The van der Waals surface area contributed by atoms with Gasteiger partial charge in [-0.05, 0) is 26.0 Å². The van der Waals surface area contributed by atoms with Gasteiger partial charge >= 0.3 is 11.9 Å². The summed E-state index contributed by atoms with van der Waals surface area (Å²) >= 11 is 7.29. The van der Waals surface area contributed by atoms with E-state index in [2.05, 4.69) is 15.5 Å². The number of carboxylic acid groups (broad SMARTS) is 1. The lowest BCUT2D eigenvalue weighted by molar-refractivity contribution is -0.147. The number of amides is 1. The summed E-state index contributed by atoms with van der Waals surface area (Å²) in [6.07, 6.45) is 0.429. The highest BCUT2D eigenvalue weighted by atomic mass is 35.5.